The molecular formula is C14H22ClNO. The lowest BCUT2D eigenvalue weighted by Gasteiger charge is -2.19. The van der Waals surface area contributed by atoms with Crippen molar-refractivity contribution in [3.8, 4) is 0 Å². The molecule has 0 bridgehead atoms. The van der Waals surface area contributed by atoms with Crippen LogP contribution in [0.4, 0.5) is 0 Å². The highest BCUT2D eigenvalue weighted by Gasteiger charge is 2.17. The number of aliphatic hydroxyl groups is 1. The maximum Gasteiger partial charge on any atom is 0.132 e. The first-order valence-corrected chi connectivity index (χ1v) is 6.69. The van der Waals surface area contributed by atoms with E-state index in [-0.39, 0.29) is 6.61 Å². The number of aromatic nitrogens is 1. The fourth-order valence-electron chi connectivity index (χ4n) is 2.18. The molecule has 1 heterocycles. The van der Waals surface area contributed by atoms with Crippen molar-refractivity contribution in [2.75, 3.05) is 0 Å². The highest BCUT2D eigenvalue weighted by molar-refractivity contribution is 6.30. The monoisotopic (exact) mass is 255 g/mol. The van der Waals surface area contributed by atoms with Gasteiger partial charge in [0, 0.05) is 5.69 Å². The molecule has 1 rings (SSSR count). The molecule has 0 spiro atoms. The largest absolute Gasteiger partial charge is 0.392 e. The summed E-state index contributed by atoms with van der Waals surface area (Å²) in [6.45, 7) is 8.41. The third-order valence-corrected chi connectivity index (χ3v) is 3.50. The molecular weight excluding hydrogens is 234 g/mol. The second-order valence-electron chi connectivity index (χ2n) is 4.78. The predicted molar refractivity (Wildman–Crippen MR) is 72.6 cm³/mol. The van der Waals surface area contributed by atoms with Crippen LogP contribution in [-0.4, -0.2) is 10.1 Å². The summed E-state index contributed by atoms with van der Waals surface area (Å²) in [4.78, 5) is 4.49. The number of nitrogens with zero attached hydrogens (tertiary/aromatic N) is 1. The molecule has 0 saturated heterocycles. The topological polar surface area (TPSA) is 33.1 Å². The Kier molecular flexibility index (Phi) is 5.41. The first-order chi connectivity index (χ1) is 8.02. The summed E-state index contributed by atoms with van der Waals surface area (Å²) in [6.07, 6.45) is 3.19. The first-order valence-electron chi connectivity index (χ1n) is 6.31. The molecule has 0 atom stereocenters. The van der Waals surface area contributed by atoms with E-state index in [9.17, 15) is 5.11 Å². The molecule has 3 heteroatoms. The predicted octanol–water partition coefficient (Wildman–Crippen LogP) is 4.00. The fraction of sp³-hybridized carbons (Fsp3) is 0.643. The highest BCUT2D eigenvalue weighted by atomic mass is 35.5. The van der Waals surface area contributed by atoms with Gasteiger partial charge < -0.3 is 5.11 Å². The van der Waals surface area contributed by atoms with Gasteiger partial charge in [0.25, 0.3) is 0 Å². The lowest BCUT2D eigenvalue weighted by molar-refractivity contribution is 0.279. The van der Waals surface area contributed by atoms with Crippen LogP contribution in [0.5, 0.6) is 0 Å². The zero-order valence-corrected chi connectivity index (χ0v) is 11.9. The molecule has 0 radical (unpaired) electrons. The molecule has 1 aromatic rings. The van der Waals surface area contributed by atoms with Gasteiger partial charge in [0.05, 0.1) is 6.61 Å². The van der Waals surface area contributed by atoms with Crippen molar-refractivity contribution in [1.82, 2.24) is 4.98 Å². The quantitative estimate of drug-likeness (QED) is 0.807. The highest BCUT2D eigenvalue weighted by Crippen LogP contribution is 2.30. The molecule has 17 heavy (non-hydrogen) atoms. The molecule has 0 aliphatic heterocycles. The molecule has 0 saturated carbocycles. The van der Waals surface area contributed by atoms with Crippen LogP contribution < -0.4 is 0 Å². The second-order valence-corrected chi connectivity index (χ2v) is 5.14. The summed E-state index contributed by atoms with van der Waals surface area (Å²) in [7, 11) is 0. The van der Waals surface area contributed by atoms with Gasteiger partial charge in [-0.25, -0.2) is 4.98 Å². The van der Waals surface area contributed by atoms with Crippen molar-refractivity contribution in [3.63, 3.8) is 0 Å². The third-order valence-electron chi connectivity index (χ3n) is 3.13. The fourth-order valence-corrected chi connectivity index (χ4v) is 2.40. The second kappa shape index (κ2) is 6.36. The van der Waals surface area contributed by atoms with Gasteiger partial charge in [0.2, 0.25) is 0 Å². The maximum absolute atomic E-state index is 9.54. The Hall–Kier alpha value is -0.600. The Morgan fingerprint density at radius 1 is 1.35 bits per heavy atom. The number of rotatable bonds is 5. The van der Waals surface area contributed by atoms with Crippen LogP contribution in [0.1, 0.15) is 61.9 Å². The summed E-state index contributed by atoms with van der Waals surface area (Å²) in [6, 6.07) is 0. The molecule has 1 N–H and O–H groups in total. The van der Waals surface area contributed by atoms with Gasteiger partial charge in [-0.2, -0.15) is 0 Å². The van der Waals surface area contributed by atoms with Gasteiger partial charge in [-0.15, -0.1) is 0 Å². The smallest absolute Gasteiger partial charge is 0.132 e. The third kappa shape index (κ3) is 3.20. The molecule has 0 fully saturated rings. The molecule has 96 valence electrons. The average molecular weight is 256 g/mol. The summed E-state index contributed by atoms with van der Waals surface area (Å²) in [5.41, 5.74) is 4.12. The number of halogens is 1. The molecule has 0 aliphatic carbocycles. The lowest BCUT2D eigenvalue weighted by atomic mass is 9.91. The van der Waals surface area contributed by atoms with Crippen LogP contribution in [0, 0.1) is 6.92 Å². The average Bonchev–Trinajstić information content (AvgIpc) is 2.29. The van der Waals surface area contributed by atoms with Gasteiger partial charge >= 0.3 is 0 Å². The minimum atomic E-state index is 0.0424. The first kappa shape index (κ1) is 14.5. The number of aryl methyl sites for hydroxylation is 1. The van der Waals surface area contributed by atoms with Gasteiger partial charge in [0.15, 0.2) is 0 Å². The Balaban J connectivity index is 3.31. The van der Waals surface area contributed by atoms with Gasteiger partial charge in [-0.05, 0) is 42.4 Å². The Morgan fingerprint density at radius 3 is 2.47 bits per heavy atom. The van der Waals surface area contributed by atoms with Gasteiger partial charge in [0.1, 0.15) is 5.15 Å². The molecule has 1 aromatic heterocycles. The minimum Gasteiger partial charge on any atom is -0.392 e. The van der Waals surface area contributed by atoms with E-state index in [1.807, 2.05) is 6.92 Å². The van der Waals surface area contributed by atoms with Crippen molar-refractivity contribution < 1.29 is 5.11 Å². The number of aliphatic hydroxyl groups excluding tert-OH is 1. The van der Waals surface area contributed by atoms with Gasteiger partial charge in [-0.3, -0.25) is 0 Å². The minimum absolute atomic E-state index is 0.0424. The van der Waals surface area contributed by atoms with Crippen LogP contribution in [-0.2, 0) is 13.0 Å². The number of hydrogen-bond donors (Lipinski definition) is 1. The van der Waals surface area contributed by atoms with Crippen LogP contribution >= 0.6 is 11.6 Å². The Labute approximate surface area is 109 Å². The maximum atomic E-state index is 9.54. The van der Waals surface area contributed by atoms with Crippen molar-refractivity contribution in [2.24, 2.45) is 0 Å². The zero-order valence-electron chi connectivity index (χ0n) is 11.2. The molecule has 2 nitrogen and oxygen atoms in total. The number of pyridine rings is 1. The molecule has 0 aliphatic rings. The van der Waals surface area contributed by atoms with E-state index >= 15 is 0 Å². The van der Waals surface area contributed by atoms with Crippen molar-refractivity contribution in [2.45, 2.75) is 59.5 Å². The van der Waals surface area contributed by atoms with E-state index < -0.39 is 0 Å². The van der Waals surface area contributed by atoms with E-state index in [1.165, 1.54) is 5.56 Å². The summed E-state index contributed by atoms with van der Waals surface area (Å²) in [5.74, 6) is 0.368. The number of unbranched alkanes of at least 4 members (excludes halogenated alkanes) is 1. The van der Waals surface area contributed by atoms with E-state index in [0.29, 0.717) is 11.1 Å². The van der Waals surface area contributed by atoms with Crippen LogP contribution in [0.3, 0.4) is 0 Å². The summed E-state index contributed by atoms with van der Waals surface area (Å²) in [5, 5.41) is 10.1. The van der Waals surface area contributed by atoms with E-state index in [4.69, 9.17) is 11.6 Å². The normalized spacial score (nSPS) is 11.2. The van der Waals surface area contributed by atoms with Crippen molar-refractivity contribution in [1.29, 1.82) is 0 Å². The van der Waals surface area contributed by atoms with E-state index in [1.54, 1.807) is 0 Å². The molecule has 0 aromatic carbocycles. The summed E-state index contributed by atoms with van der Waals surface area (Å²) >= 11 is 6.13. The summed E-state index contributed by atoms with van der Waals surface area (Å²) < 4.78 is 0. The van der Waals surface area contributed by atoms with Crippen LogP contribution in [0.25, 0.3) is 0 Å². The van der Waals surface area contributed by atoms with Crippen LogP contribution in [0.15, 0.2) is 0 Å². The van der Waals surface area contributed by atoms with Crippen molar-refractivity contribution in [3.05, 3.63) is 27.5 Å². The number of hydrogen-bond acceptors (Lipinski definition) is 2. The van der Waals surface area contributed by atoms with E-state index in [0.717, 1.165) is 36.1 Å². The lowest BCUT2D eigenvalue weighted by Crippen LogP contribution is -2.08. The SMILES string of the molecule is CCCCc1nc(Cl)c(C)c(CO)c1C(C)C. The van der Waals surface area contributed by atoms with Crippen LogP contribution in [0.2, 0.25) is 5.15 Å². The molecule has 0 amide bonds. The Morgan fingerprint density at radius 2 is 2.00 bits per heavy atom. The van der Waals surface area contributed by atoms with Crippen molar-refractivity contribution >= 4 is 11.6 Å². The van der Waals surface area contributed by atoms with Gasteiger partial charge in [-0.1, -0.05) is 38.8 Å². The standard InChI is InChI=1S/C14H22ClNO/c1-5-6-7-12-13(9(2)3)11(8-17)10(4)14(15)16-12/h9,17H,5-8H2,1-4H3. The Bertz CT molecular complexity index is 388. The zero-order chi connectivity index (χ0) is 13.0. The van der Waals surface area contributed by atoms with E-state index in [2.05, 4.69) is 25.8 Å². The molecule has 0 unspecified atom stereocenters.